The van der Waals surface area contributed by atoms with Crippen LogP contribution in [0.5, 0.6) is 0 Å². The molecule has 1 aromatic rings. The van der Waals surface area contributed by atoms with Gasteiger partial charge < -0.3 is 5.32 Å². The summed E-state index contributed by atoms with van der Waals surface area (Å²) in [6.45, 7) is 0.219. The van der Waals surface area contributed by atoms with Crippen molar-refractivity contribution in [1.82, 2.24) is 9.97 Å². The van der Waals surface area contributed by atoms with Crippen LogP contribution in [0.3, 0.4) is 0 Å². The van der Waals surface area contributed by atoms with Crippen LogP contribution in [-0.4, -0.2) is 27.8 Å². The summed E-state index contributed by atoms with van der Waals surface area (Å²) in [5.41, 5.74) is -4.17. The van der Waals surface area contributed by atoms with Crippen LogP contribution in [0.4, 0.5) is 19.0 Å². The van der Waals surface area contributed by atoms with Crippen molar-refractivity contribution >= 4 is 40.2 Å². The Morgan fingerprint density at radius 3 is 2.80 bits per heavy atom. The van der Waals surface area contributed by atoms with E-state index in [0.29, 0.717) is 5.82 Å². The second kappa shape index (κ2) is 5.73. The van der Waals surface area contributed by atoms with Gasteiger partial charge in [-0.3, -0.25) is 0 Å². The van der Waals surface area contributed by atoms with E-state index in [4.69, 9.17) is 0 Å². The Morgan fingerprint density at radius 1 is 1.47 bits per heavy atom. The third-order valence-corrected chi connectivity index (χ3v) is 2.85. The predicted molar refractivity (Wildman–Crippen MR) is 61.8 cm³/mol. The average molecular weight is 349 g/mol. The van der Waals surface area contributed by atoms with E-state index in [1.54, 1.807) is 6.20 Å². The monoisotopic (exact) mass is 349 g/mol. The maximum absolute atomic E-state index is 11.8. The maximum Gasteiger partial charge on any atom is 0.441 e. The largest absolute Gasteiger partial charge is 0.441 e. The van der Waals surface area contributed by atoms with Crippen molar-refractivity contribution in [3.63, 3.8) is 0 Å². The van der Waals surface area contributed by atoms with Gasteiger partial charge in [-0.1, -0.05) is 0 Å². The number of hydrogen-bond acceptors (Lipinski definition) is 4. The fourth-order valence-corrected chi connectivity index (χ4v) is 1.71. The van der Waals surface area contributed by atoms with Crippen molar-refractivity contribution in [3.05, 3.63) is 16.1 Å². The molecule has 0 atom stereocenters. The molecular weight excluding hydrogens is 342 g/mol. The quantitative estimate of drug-likeness (QED) is 0.670. The summed E-state index contributed by atoms with van der Waals surface area (Å²) in [4.78, 5) is 7.66. The van der Waals surface area contributed by atoms with E-state index < -0.39 is 5.51 Å². The number of thioether (sulfide) groups is 1. The van der Waals surface area contributed by atoms with Crippen LogP contribution in [0.2, 0.25) is 0 Å². The Bertz CT molecular complexity index is 321. The molecule has 1 heterocycles. The number of hydrogen-bond donors (Lipinski definition) is 1. The molecule has 0 aliphatic heterocycles. The number of anilines is 1. The van der Waals surface area contributed by atoms with Gasteiger partial charge in [0.15, 0.2) is 0 Å². The summed E-state index contributed by atoms with van der Waals surface area (Å²) in [6, 6.07) is 0. The van der Waals surface area contributed by atoms with Gasteiger partial charge in [-0.05, 0) is 34.4 Å². The van der Waals surface area contributed by atoms with E-state index in [1.807, 2.05) is 22.6 Å². The highest BCUT2D eigenvalue weighted by atomic mass is 127. The molecule has 0 unspecified atom stereocenters. The lowest BCUT2D eigenvalue weighted by atomic mass is 10.5. The highest BCUT2D eigenvalue weighted by Gasteiger charge is 2.27. The van der Waals surface area contributed by atoms with Crippen LogP contribution in [0.15, 0.2) is 12.5 Å². The van der Waals surface area contributed by atoms with Crippen LogP contribution < -0.4 is 5.32 Å². The van der Waals surface area contributed by atoms with Crippen molar-refractivity contribution in [3.8, 4) is 0 Å². The lowest BCUT2D eigenvalue weighted by molar-refractivity contribution is -0.0327. The number of alkyl halides is 3. The molecular formula is C7H7F3IN3S. The fraction of sp³-hybridized carbons (Fsp3) is 0.429. The van der Waals surface area contributed by atoms with E-state index in [-0.39, 0.29) is 24.1 Å². The molecule has 1 N–H and O–H groups in total. The Hall–Kier alpha value is -0.250. The number of rotatable bonds is 4. The highest BCUT2D eigenvalue weighted by molar-refractivity contribution is 14.1. The van der Waals surface area contributed by atoms with Crippen molar-refractivity contribution in [2.75, 3.05) is 17.6 Å². The van der Waals surface area contributed by atoms with Gasteiger partial charge in [0.25, 0.3) is 0 Å². The molecule has 84 valence electrons. The zero-order valence-corrected chi connectivity index (χ0v) is 10.4. The molecule has 0 spiro atoms. The van der Waals surface area contributed by atoms with Gasteiger partial charge in [-0.2, -0.15) is 13.2 Å². The molecule has 1 rings (SSSR count). The Balaban J connectivity index is 2.30. The van der Waals surface area contributed by atoms with E-state index in [1.165, 1.54) is 6.33 Å². The maximum atomic E-state index is 11.8. The standard InChI is InChI=1S/C7H7F3IN3S/c8-7(9,10)15-2-1-13-6-5(11)3-12-4-14-6/h3-4H,1-2H2,(H,12,13,14). The zero-order valence-electron chi connectivity index (χ0n) is 7.38. The van der Waals surface area contributed by atoms with E-state index in [0.717, 1.165) is 3.57 Å². The Morgan fingerprint density at radius 2 is 2.20 bits per heavy atom. The van der Waals surface area contributed by atoms with Gasteiger partial charge in [-0.25, -0.2) is 9.97 Å². The summed E-state index contributed by atoms with van der Waals surface area (Å²) < 4.78 is 36.1. The topological polar surface area (TPSA) is 37.8 Å². The minimum Gasteiger partial charge on any atom is -0.368 e. The normalized spacial score (nSPS) is 11.5. The molecule has 0 aliphatic carbocycles. The summed E-state index contributed by atoms with van der Waals surface area (Å²) in [6.07, 6.45) is 2.94. The Kier molecular flexibility index (Phi) is 4.90. The van der Waals surface area contributed by atoms with Gasteiger partial charge in [0.2, 0.25) is 0 Å². The Labute approximate surface area is 102 Å². The van der Waals surface area contributed by atoms with Crippen LogP contribution in [-0.2, 0) is 0 Å². The third-order valence-electron chi connectivity index (χ3n) is 1.33. The first-order valence-electron chi connectivity index (χ1n) is 3.89. The first kappa shape index (κ1) is 12.8. The number of aromatic nitrogens is 2. The molecule has 15 heavy (non-hydrogen) atoms. The number of nitrogens with zero attached hydrogens (tertiary/aromatic N) is 2. The molecule has 0 saturated carbocycles. The van der Waals surface area contributed by atoms with E-state index >= 15 is 0 Å². The number of nitrogens with one attached hydrogen (secondary N) is 1. The van der Waals surface area contributed by atoms with Crippen LogP contribution in [0.1, 0.15) is 0 Å². The predicted octanol–water partition coefficient (Wildman–Crippen LogP) is 2.75. The lowest BCUT2D eigenvalue weighted by Crippen LogP contribution is -2.11. The summed E-state index contributed by atoms with van der Waals surface area (Å²) in [7, 11) is 0. The molecule has 0 saturated heterocycles. The molecule has 3 nitrogen and oxygen atoms in total. The molecule has 0 radical (unpaired) electrons. The lowest BCUT2D eigenvalue weighted by Gasteiger charge is -2.07. The second-order valence-electron chi connectivity index (χ2n) is 2.44. The average Bonchev–Trinajstić information content (AvgIpc) is 2.13. The summed E-state index contributed by atoms with van der Waals surface area (Å²) in [5, 5.41) is 2.81. The van der Waals surface area contributed by atoms with Gasteiger partial charge in [-0.15, -0.1) is 0 Å². The minimum atomic E-state index is -4.17. The van der Waals surface area contributed by atoms with Crippen LogP contribution in [0.25, 0.3) is 0 Å². The highest BCUT2D eigenvalue weighted by Crippen LogP contribution is 2.29. The van der Waals surface area contributed by atoms with Crippen LogP contribution in [0, 0.1) is 3.57 Å². The smallest absolute Gasteiger partial charge is 0.368 e. The molecule has 0 bridgehead atoms. The molecule has 0 fully saturated rings. The molecule has 1 aromatic heterocycles. The van der Waals surface area contributed by atoms with E-state index in [9.17, 15) is 13.2 Å². The second-order valence-corrected chi connectivity index (χ2v) is 4.76. The van der Waals surface area contributed by atoms with Crippen LogP contribution >= 0.6 is 34.4 Å². The van der Waals surface area contributed by atoms with E-state index in [2.05, 4.69) is 15.3 Å². The fourth-order valence-electron chi connectivity index (χ4n) is 0.779. The van der Waals surface area contributed by atoms with Crippen molar-refractivity contribution in [1.29, 1.82) is 0 Å². The summed E-state index contributed by atoms with van der Waals surface area (Å²) >= 11 is 1.96. The zero-order chi connectivity index (χ0) is 11.3. The van der Waals surface area contributed by atoms with Crippen molar-refractivity contribution < 1.29 is 13.2 Å². The third kappa shape index (κ3) is 5.40. The molecule has 8 heteroatoms. The number of halogens is 4. The minimum absolute atomic E-state index is 0.0381. The van der Waals surface area contributed by atoms with Gasteiger partial charge in [0, 0.05) is 18.5 Å². The molecule has 0 amide bonds. The van der Waals surface area contributed by atoms with Gasteiger partial charge in [0.05, 0.1) is 3.57 Å². The summed E-state index contributed by atoms with van der Waals surface area (Å²) in [5.74, 6) is 0.525. The SMILES string of the molecule is FC(F)(F)SCCNc1ncncc1I. The first-order chi connectivity index (χ1) is 6.99. The molecule has 0 aromatic carbocycles. The first-order valence-corrected chi connectivity index (χ1v) is 5.95. The van der Waals surface area contributed by atoms with Gasteiger partial charge in [0.1, 0.15) is 12.1 Å². The van der Waals surface area contributed by atoms with Crippen molar-refractivity contribution in [2.45, 2.75) is 5.51 Å². The molecule has 0 aliphatic rings. The van der Waals surface area contributed by atoms with Crippen molar-refractivity contribution in [2.24, 2.45) is 0 Å². The van der Waals surface area contributed by atoms with Gasteiger partial charge >= 0.3 is 5.51 Å².